The number of nitrogens with zero attached hydrogens (tertiary/aromatic N) is 2. The fourth-order valence-corrected chi connectivity index (χ4v) is 3.42. The van der Waals surface area contributed by atoms with E-state index in [9.17, 15) is 9.18 Å². The van der Waals surface area contributed by atoms with Gasteiger partial charge in [0.1, 0.15) is 11.5 Å². The van der Waals surface area contributed by atoms with Gasteiger partial charge in [0.25, 0.3) is 5.91 Å². The number of anilines is 1. The molecule has 0 bridgehead atoms. The number of hydrogen-bond donors (Lipinski definition) is 2. The quantitative estimate of drug-likeness (QED) is 0.754. The number of amides is 1. The molecule has 1 aliphatic carbocycles. The van der Waals surface area contributed by atoms with Crippen LogP contribution in [0.5, 0.6) is 0 Å². The van der Waals surface area contributed by atoms with Gasteiger partial charge in [0.2, 0.25) is 5.95 Å². The third-order valence-electron chi connectivity index (χ3n) is 4.89. The topological polar surface area (TPSA) is 66.9 Å². The number of benzene rings is 1. The first-order valence-electron chi connectivity index (χ1n) is 9.75. The first-order chi connectivity index (χ1) is 13.1. The lowest BCUT2D eigenvalue weighted by atomic mass is 10.1. The van der Waals surface area contributed by atoms with Gasteiger partial charge >= 0.3 is 0 Å². The van der Waals surface area contributed by atoms with Crippen molar-refractivity contribution in [1.29, 1.82) is 0 Å². The van der Waals surface area contributed by atoms with E-state index in [-0.39, 0.29) is 17.8 Å². The maximum absolute atomic E-state index is 13.0. The van der Waals surface area contributed by atoms with E-state index in [0.29, 0.717) is 18.2 Å². The second-order valence-corrected chi connectivity index (χ2v) is 7.18. The van der Waals surface area contributed by atoms with E-state index < -0.39 is 0 Å². The normalized spacial score (nSPS) is 15.2. The van der Waals surface area contributed by atoms with Crippen LogP contribution in [0.2, 0.25) is 0 Å². The summed E-state index contributed by atoms with van der Waals surface area (Å²) >= 11 is 0. The fraction of sp³-hybridized carbons (Fsp3) is 0.476. The lowest BCUT2D eigenvalue weighted by molar-refractivity contribution is 0.0928. The van der Waals surface area contributed by atoms with Gasteiger partial charge in [-0.3, -0.25) is 4.79 Å². The Morgan fingerprint density at radius 3 is 2.52 bits per heavy atom. The molecular weight excluding hydrogens is 343 g/mol. The SMILES string of the molecule is Cc1cc(C(=O)NC2CCCCCC2)nc(NCCc2ccc(F)cc2)n1. The minimum atomic E-state index is -0.238. The van der Waals surface area contributed by atoms with Crippen molar-refractivity contribution in [3.63, 3.8) is 0 Å². The van der Waals surface area contributed by atoms with Crippen LogP contribution in [0.25, 0.3) is 0 Å². The van der Waals surface area contributed by atoms with Gasteiger partial charge in [-0.15, -0.1) is 0 Å². The van der Waals surface area contributed by atoms with Crippen molar-refractivity contribution in [3.8, 4) is 0 Å². The molecule has 1 amide bonds. The summed E-state index contributed by atoms with van der Waals surface area (Å²) in [6, 6.07) is 8.39. The Morgan fingerprint density at radius 2 is 1.81 bits per heavy atom. The van der Waals surface area contributed by atoms with Gasteiger partial charge in [0.15, 0.2) is 0 Å². The van der Waals surface area contributed by atoms with E-state index >= 15 is 0 Å². The molecule has 1 aromatic heterocycles. The van der Waals surface area contributed by atoms with Crippen LogP contribution in [0.3, 0.4) is 0 Å². The summed E-state index contributed by atoms with van der Waals surface area (Å²) in [5.74, 6) is 0.0789. The molecule has 0 spiro atoms. The van der Waals surface area contributed by atoms with Crippen LogP contribution in [0.1, 0.15) is 60.3 Å². The van der Waals surface area contributed by atoms with Crippen molar-refractivity contribution in [1.82, 2.24) is 15.3 Å². The molecule has 6 heteroatoms. The van der Waals surface area contributed by atoms with Gasteiger partial charge in [-0.25, -0.2) is 14.4 Å². The summed E-state index contributed by atoms with van der Waals surface area (Å²) < 4.78 is 13.0. The molecule has 1 fully saturated rings. The zero-order chi connectivity index (χ0) is 19.1. The Balaban J connectivity index is 1.57. The highest BCUT2D eigenvalue weighted by molar-refractivity contribution is 5.92. The molecule has 1 aliphatic rings. The molecule has 0 radical (unpaired) electrons. The number of aryl methyl sites for hydroxylation is 1. The predicted octanol–water partition coefficient (Wildman–Crippen LogP) is 4.03. The highest BCUT2D eigenvalue weighted by atomic mass is 19.1. The maximum Gasteiger partial charge on any atom is 0.270 e. The van der Waals surface area contributed by atoms with Crippen molar-refractivity contribution in [2.24, 2.45) is 0 Å². The number of carbonyl (C=O) groups is 1. The van der Waals surface area contributed by atoms with Crippen molar-refractivity contribution < 1.29 is 9.18 Å². The predicted molar refractivity (Wildman–Crippen MR) is 104 cm³/mol. The Hall–Kier alpha value is -2.50. The second kappa shape index (κ2) is 9.44. The number of halogens is 1. The zero-order valence-electron chi connectivity index (χ0n) is 15.8. The molecule has 144 valence electrons. The van der Waals surface area contributed by atoms with Gasteiger partial charge in [0, 0.05) is 18.3 Å². The van der Waals surface area contributed by atoms with Crippen LogP contribution < -0.4 is 10.6 Å². The minimum absolute atomic E-state index is 0.131. The molecule has 1 aromatic carbocycles. The Labute approximate surface area is 159 Å². The highest BCUT2D eigenvalue weighted by Gasteiger charge is 2.17. The molecule has 27 heavy (non-hydrogen) atoms. The lowest BCUT2D eigenvalue weighted by Crippen LogP contribution is -2.35. The Morgan fingerprint density at radius 1 is 1.11 bits per heavy atom. The fourth-order valence-electron chi connectivity index (χ4n) is 3.42. The highest BCUT2D eigenvalue weighted by Crippen LogP contribution is 2.17. The van der Waals surface area contributed by atoms with Gasteiger partial charge in [-0.1, -0.05) is 37.8 Å². The van der Waals surface area contributed by atoms with Gasteiger partial charge in [-0.05, 0) is 49.9 Å². The maximum atomic E-state index is 13.0. The summed E-state index contributed by atoms with van der Waals surface area (Å²) in [7, 11) is 0. The van der Waals surface area contributed by atoms with Gasteiger partial charge < -0.3 is 10.6 Å². The molecule has 0 atom stereocenters. The van der Waals surface area contributed by atoms with Gasteiger partial charge in [0.05, 0.1) is 0 Å². The van der Waals surface area contributed by atoms with E-state index in [4.69, 9.17) is 0 Å². The van der Waals surface area contributed by atoms with E-state index in [2.05, 4.69) is 20.6 Å². The summed E-state index contributed by atoms with van der Waals surface area (Å²) in [4.78, 5) is 21.3. The third kappa shape index (κ3) is 6.01. The smallest absolute Gasteiger partial charge is 0.270 e. The van der Waals surface area contributed by atoms with Gasteiger partial charge in [-0.2, -0.15) is 0 Å². The lowest BCUT2D eigenvalue weighted by Gasteiger charge is -2.16. The van der Waals surface area contributed by atoms with Crippen molar-refractivity contribution >= 4 is 11.9 Å². The summed E-state index contributed by atoms with van der Waals surface area (Å²) in [6.07, 6.45) is 7.65. The van der Waals surface area contributed by atoms with E-state index in [1.54, 1.807) is 18.2 Å². The molecular formula is C21H27FN4O. The molecule has 2 N–H and O–H groups in total. The number of rotatable bonds is 6. The Kier molecular flexibility index (Phi) is 6.74. The summed E-state index contributed by atoms with van der Waals surface area (Å²) in [6.45, 7) is 2.47. The number of aromatic nitrogens is 2. The third-order valence-corrected chi connectivity index (χ3v) is 4.89. The van der Waals surface area contributed by atoms with Crippen LogP contribution >= 0.6 is 0 Å². The van der Waals surface area contributed by atoms with Crippen LogP contribution in [-0.2, 0) is 6.42 Å². The average molecular weight is 370 g/mol. The van der Waals surface area contributed by atoms with E-state index in [1.165, 1.54) is 37.8 Å². The zero-order valence-corrected chi connectivity index (χ0v) is 15.8. The molecule has 1 heterocycles. The largest absolute Gasteiger partial charge is 0.354 e. The number of nitrogens with one attached hydrogen (secondary N) is 2. The molecule has 3 rings (SSSR count). The second-order valence-electron chi connectivity index (χ2n) is 7.18. The standard InChI is InChI=1S/C21H27FN4O/c1-15-14-19(20(27)25-18-6-4-2-3-5-7-18)26-21(24-15)23-13-12-16-8-10-17(22)11-9-16/h8-11,14,18H,2-7,12-13H2,1H3,(H,25,27)(H,23,24,26). The number of hydrogen-bond acceptors (Lipinski definition) is 4. The first kappa shape index (κ1) is 19.3. The Bertz CT molecular complexity index is 755. The van der Waals surface area contributed by atoms with Crippen molar-refractivity contribution in [2.75, 3.05) is 11.9 Å². The molecule has 5 nitrogen and oxygen atoms in total. The van der Waals surface area contributed by atoms with E-state index in [0.717, 1.165) is 30.5 Å². The summed E-state index contributed by atoms with van der Waals surface area (Å²) in [5.41, 5.74) is 2.18. The molecule has 2 aromatic rings. The van der Waals surface area contributed by atoms with Crippen molar-refractivity contribution in [2.45, 2.75) is 57.9 Å². The van der Waals surface area contributed by atoms with Crippen LogP contribution in [-0.4, -0.2) is 28.5 Å². The van der Waals surface area contributed by atoms with Crippen LogP contribution in [0, 0.1) is 12.7 Å². The van der Waals surface area contributed by atoms with Crippen LogP contribution in [0.15, 0.2) is 30.3 Å². The van der Waals surface area contributed by atoms with E-state index in [1.807, 2.05) is 6.92 Å². The molecule has 0 unspecified atom stereocenters. The van der Waals surface area contributed by atoms with Crippen molar-refractivity contribution in [3.05, 3.63) is 53.1 Å². The average Bonchev–Trinajstić information content (AvgIpc) is 2.91. The first-order valence-corrected chi connectivity index (χ1v) is 9.75. The van der Waals surface area contributed by atoms with Crippen LogP contribution in [0.4, 0.5) is 10.3 Å². The molecule has 0 aliphatic heterocycles. The molecule has 1 saturated carbocycles. The number of carbonyl (C=O) groups excluding carboxylic acids is 1. The summed E-state index contributed by atoms with van der Waals surface area (Å²) in [5, 5.41) is 6.29. The molecule has 0 saturated heterocycles. The minimum Gasteiger partial charge on any atom is -0.354 e. The monoisotopic (exact) mass is 370 g/mol.